The summed E-state index contributed by atoms with van der Waals surface area (Å²) in [4.78, 5) is 49.1. The summed E-state index contributed by atoms with van der Waals surface area (Å²) in [5, 5.41) is 6.06. The minimum atomic E-state index is -0.828. The molecule has 0 saturated heterocycles. The second kappa shape index (κ2) is 11.9. The summed E-state index contributed by atoms with van der Waals surface area (Å²) in [6.07, 6.45) is 1.82. The highest BCUT2D eigenvalue weighted by Gasteiger charge is 2.42. The lowest BCUT2D eigenvalue weighted by Gasteiger charge is -2.25. The Kier molecular flexibility index (Phi) is 8.37. The molecule has 0 unspecified atom stereocenters. The molecule has 0 saturated carbocycles. The monoisotopic (exact) mass is 507 g/mol. The van der Waals surface area contributed by atoms with Crippen LogP contribution in [0, 0.1) is 0 Å². The van der Waals surface area contributed by atoms with E-state index in [0.29, 0.717) is 41.3 Å². The molecule has 2 heterocycles. The van der Waals surface area contributed by atoms with Gasteiger partial charge in [0, 0.05) is 12.1 Å². The van der Waals surface area contributed by atoms with Crippen molar-refractivity contribution in [3.8, 4) is 5.75 Å². The van der Waals surface area contributed by atoms with E-state index in [9.17, 15) is 14.4 Å². The Balaban J connectivity index is 1.48. The van der Waals surface area contributed by atoms with Gasteiger partial charge in [0.05, 0.1) is 30.2 Å². The Morgan fingerprint density at radius 2 is 1.86 bits per heavy atom. The molecule has 9 nitrogen and oxygen atoms in total. The van der Waals surface area contributed by atoms with Crippen molar-refractivity contribution in [1.82, 2.24) is 10.2 Å². The molecule has 0 aliphatic carbocycles. The van der Waals surface area contributed by atoms with Crippen LogP contribution in [0.3, 0.4) is 0 Å². The largest absolute Gasteiger partial charge is 0.492 e. The number of hydrogen-bond donors (Lipinski definition) is 2. The number of anilines is 1. The van der Waals surface area contributed by atoms with E-state index in [1.54, 1.807) is 12.1 Å². The molecular formula is C26H29N5O4S. The van der Waals surface area contributed by atoms with Crippen molar-refractivity contribution in [1.29, 1.82) is 0 Å². The number of unbranched alkanes of at least 4 members (excludes halogenated alkanes) is 1. The molecule has 1 atom stereocenters. The molecule has 2 aliphatic heterocycles. The van der Waals surface area contributed by atoms with Crippen LogP contribution >= 0.6 is 11.8 Å². The average Bonchev–Trinajstić information content (AvgIpc) is 3.20. The van der Waals surface area contributed by atoms with Crippen molar-refractivity contribution in [2.75, 3.05) is 24.2 Å². The summed E-state index contributed by atoms with van der Waals surface area (Å²) in [6.45, 7) is 4.98. The number of thioether (sulfide) groups is 1. The van der Waals surface area contributed by atoms with Gasteiger partial charge in [0.2, 0.25) is 11.8 Å². The summed E-state index contributed by atoms with van der Waals surface area (Å²) < 4.78 is 5.57. The molecule has 36 heavy (non-hydrogen) atoms. The van der Waals surface area contributed by atoms with Gasteiger partial charge in [-0.2, -0.15) is 0 Å². The van der Waals surface area contributed by atoms with Crippen molar-refractivity contribution in [3.63, 3.8) is 0 Å². The molecule has 2 N–H and O–H groups in total. The highest BCUT2D eigenvalue weighted by Crippen LogP contribution is 2.34. The number of ether oxygens (including phenoxy) is 1. The molecule has 10 heteroatoms. The van der Waals surface area contributed by atoms with Gasteiger partial charge in [0.15, 0.2) is 5.17 Å². The molecule has 0 aromatic heterocycles. The number of benzene rings is 2. The quantitative estimate of drug-likeness (QED) is 0.476. The number of hydrogen-bond acceptors (Lipinski definition) is 7. The van der Waals surface area contributed by atoms with Crippen LogP contribution in [0.1, 0.15) is 38.7 Å². The molecule has 4 rings (SSSR count). The summed E-state index contributed by atoms with van der Waals surface area (Å²) >= 11 is 1.15. The number of aliphatic imine (C=N–C) groups is 2. The normalized spacial score (nSPS) is 16.0. The van der Waals surface area contributed by atoms with Crippen LogP contribution in [-0.4, -0.2) is 58.6 Å². The molecule has 0 spiro atoms. The molecule has 2 aromatic carbocycles. The van der Waals surface area contributed by atoms with Crippen LogP contribution in [0.15, 0.2) is 58.5 Å². The van der Waals surface area contributed by atoms with Crippen LogP contribution in [0.2, 0.25) is 0 Å². The number of nitrogens with one attached hydrogen (secondary N) is 2. The first-order valence-electron chi connectivity index (χ1n) is 12.0. The zero-order valence-corrected chi connectivity index (χ0v) is 21.1. The zero-order chi connectivity index (χ0) is 25.5. The summed E-state index contributed by atoms with van der Waals surface area (Å²) in [7, 11) is 0. The van der Waals surface area contributed by atoms with E-state index >= 15 is 0 Å². The Morgan fingerprint density at radius 1 is 1.08 bits per heavy atom. The van der Waals surface area contributed by atoms with Gasteiger partial charge in [0.1, 0.15) is 17.6 Å². The minimum absolute atomic E-state index is 0.0285. The van der Waals surface area contributed by atoms with E-state index in [1.165, 1.54) is 4.90 Å². The van der Waals surface area contributed by atoms with Gasteiger partial charge in [0.25, 0.3) is 5.91 Å². The van der Waals surface area contributed by atoms with Gasteiger partial charge < -0.3 is 15.4 Å². The zero-order valence-electron chi connectivity index (χ0n) is 20.3. The molecule has 0 bridgehead atoms. The Labute approximate surface area is 214 Å². The fourth-order valence-electron chi connectivity index (χ4n) is 3.85. The predicted octanol–water partition coefficient (Wildman–Crippen LogP) is 3.72. The van der Waals surface area contributed by atoms with Crippen LogP contribution in [-0.2, 0) is 14.4 Å². The molecule has 2 aliphatic rings. The lowest BCUT2D eigenvalue weighted by atomic mass is 10.1. The van der Waals surface area contributed by atoms with Crippen LogP contribution in [0.5, 0.6) is 5.75 Å². The number of carbonyl (C=O) groups is 3. The Bertz CT molecular complexity index is 1210. The maximum atomic E-state index is 13.3. The second-order valence-electron chi connectivity index (χ2n) is 8.23. The highest BCUT2D eigenvalue weighted by molar-refractivity contribution is 8.14. The summed E-state index contributed by atoms with van der Waals surface area (Å²) in [5.74, 6) is 0.288. The first-order chi connectivity index (χ1) is 17.5. The van der Waals surface area contributed by atoms with E-state index in [4.69, 9.17) is 4.74 Å². The smallest absolute Gasteiger partial charge is 0.259 e. The molecular weight excluding hydrogens is 478 g/mol. The Hall–Kier alpha value is -3.66. The van der Waals surface area contributed by atoms with E-state index in [0.717, 1.165) is 30.2 Å². The lowest BCUT2D eigenvalue weighted by Crippen LogP contribution is -2.42. The third-order valence-corrected chi connectivity index (χ3v) is 6.51. The third kappa shape index (κ3) is 5.76. The van der Waals surface area contributed by atoms with Gasteiger partial charge in [-0.3, -0.25) is 19.4 Å². The number of amidine groups is 2. The lowest BCUT2D eigenvalue weighted by molar-refractivity contribution is -0.128. The molecule has 188 valence electrons. The molecule has 2 aromatic rings. The van der Waals surface area contributed by atoms with Crippen molar-refractivity contribution in [2.45, 2.75) is 39.2 Å². The van der Waals surface area contributed by atoms with Crippen molar-refractivity contribution in [3.05, 3.63) is 54.1 Å². The average molecular weight is 508 g/mol. The SMILES string of the molecule is CCCCNC(=O)C[C@H]1N=C2c3ccccc3N=C(SCC(=O)Nc3ccccc3OCC)N2C1=O. The van der Waals surface area contributed by atoms with E-state index in [2.05, 4.69) is 20.6 Å². The summed E-state index contributed by atoms with van der Waals surface area (Å²) in [5.41, 5.74) is 1.96. The topological polar surface area (TPSA) is 112 Å². The maximum Gasteiger partial charge on any atom is 0.259 e. The highest BCUT2D eigenvalue weighted by atomic mass is 32.2. The molecule has 3 amide bonds. The first-order valence-corrected chi connectivity index (χ1v) is 13.0. The number of nitrogens with zero attached hydrogens (tertiary/aromatic N) is 3. The van der Waals surface area contributed by atoms with Crippen molar-refractivity contribution < 1.29 is 19.1 Å². The van der Waals surface area contributed by atoms with Gasteiger partial charge >= 0.3 is 0 Å². The van der Waals surface area contributed by atoms with E-state index in [-0.39, 0.29) is 29.9 Å². The number of para-hydroxylation sites is 3. The third-order valence-electron chi connectivity index (χ3n) is 5.57. The van der Waals surface area contributed by atoms with Gasteiger partial charge in [-0.05, 0) is 37.6 Å². The molecule has 0 radical (unpaired) electrons. The fourth-order valence-corrected chi connectivity index (χ4v) is 4.65. The van der Waals surface area contributed by atoms with Gasteiger partial charge in [-0.25, -0.2) is 9.89 Å². The number of fused-ring (bicyclic) bond motifs is 3. The number of amides is 3. The number of rotatable bonds is 10. The van der Waals surface area contributed by atoms with Gasteiger partial charge in [-0.15, -0.1) is 0 Å². The number of carbonyl (C=O) groups excluding carboxylic acids is 3. The predicted molar refractivity (Wildman–Crippen MR) is 142 cm³/mol. The Morgan fingerprint density at radius 3 is 2.67 bits per heavy atom. The maximum absolute atomic E-state index is 13.3. The standard InChI is InChI=1S/C26H29N5O4S/c1-3-5-14-27-22(32)15-20-25(34)31-24(29-20)17-10-6-7-11-18(17)30-26(31)36-16-23(33)28-19-12-8-9-13-21(19)35-4-2/h6-13,20H,3-5,14-16H2,1-2H3,(H,27,32)(H,28,33)/t20-/m1/s1. The fraction of sp³-hybridized carbons (Fsp3) is 0.346. The van der Waals surface area contributed by atoms with E-state index in [1.807, 2.05) is 50.2 Å². The van der Waals surface area contributed by atoms with Crippen molar-refractivity contribution >= 4 is 51.9 Å². The van der Waals surface area contributed by atoms with Crippen molar-refractivity contribution in [2.24, 2.45) is 9.98 Å². The van der Waals surface area contributed by atoms with Crippen LogP contribution in [0.4, 0.5) is 11.4 Å². The van der Waals surface area contributed by atoms with Gasteiger partial charge in [-0.1, -0.05) is 49.4 Å². The minimum Gasteiger partial charge on any atom is -0.492 e. The first kappa shape index (κ1) is 25.4. The van der Waals surface area contributed by atoms with Crippen LogP contribution < -0.4 is 15.4 Å². The van der Waals surface area contributed by atoms with E-state index < -0.39 is 6.04 Å². The second-order valence-corrected chi connectivity index (χ2v) is 9.17. The summed E-state index contributed by atoms with van der Waals surface area (Å²) in [6, 6.07) is 13.8. The molecule has 0 fully saturated rings. The van der Waals surface area contributed by atoms with Crippen LogP contribution in [0.25, 0.3) is 0 Å².